The molecule has 2 rings (SSSR count). The molecule has 0 amide bonds. The van der Waals surface area contributed by atoms with E-state index in [2.05, 4.69) is 60.2 Å². The molecular weight excluding hydrogens is 334 g/mol. The van der Waals surface area contributed by atoms with Gasteiger partial charge in [-0.3, -0.25) is 0 Å². The third kappa shape index (κ3) is 4.62. The number of rotatable bonds is 6. The van der Waals surface area contributed by atoms with Crippen LogP contribution in [0.15, 0.2) is 34.8 Å². The summed E-state index contributed by atoms with van der Waals surface area (Å²) in [5, 5.41) is 3.43. The van der Waals surface area contributed by atoms with E-state index in [1.807, 2.05) is 12.1 Å². The summed E-state index contributed by atoms with van der Waals surface area (Å²) in [4.78, 5) is 2.61. The Labute approximate surface area is 133 Å². The van der Waals surface area contributed by atoms with Crippen molar-refractivity contribution in [2.24, 2.45) is 0 Å². The monoisotopic (exact) mass is 353 g/mol. The molecule has 0 aliphatic rings. The van der Waals surface area contributed by atoms with Gasteiger partial charge in [-0.25, -0.2) is 0 Å². The van der Waals surface area contributed by atoms with Crippen molar-refractivity contribution < 1.29 is 4.74 Å². The van der Waals surface area contributed by atoms with Crippen molar-refractivity contribution in [1.82, 2.24) is 5.32 Å². The first-order chi connectivity index (χ1) is 9.54. The molecule has 108 valence electrons. The largest absolute Gasteiger partial charge is 0.488 e. The fraction of sp³-hybridized carbons (Fsp3) is 0.375. The maximum absolute atomic E-state index is 5.89. The number of nitrogens with one attached hydrogen (secondary N) is 1. The zero-order valence-electron chi connectivity index (χ0n) is 12.1. The predicted octanol–water partition coefficient (Wildman–Crippen LogP) is 4.90. The Bertz CT molecular complexity index is 565. The van der Waals surface area contributed by atoms with Crippen molar-refractivity contribution >= 4 is 27.3 Å². The summed E-state index contributed by atoms with van der Waals surface area (Å²) in [5.74, 6) is 0.948. The quantitative estimate of drug-likeness (QED) is 0.797. The van der Waals surface area contributed by atoms with Gasteiger partial charge in [-0.1, -0.05) is 29.8 Å². The summed E-state index contributed by atoms with van der Waals surface area (Å²) >= 11 is 5.27. The fourth-order valence-corrected chi connectivity index (χ4v) is 3.18. The normalized spacial score (nSPS) is 11.1. The van der Waals surface area contributed by atoms with Crippen LogP contribution in [-0.4, -0.2) is 6.04 Å². The topological polar surface area (TPSA) is 21.3 Å². The molecule has 0 aliphatic carbocycles. The van der Waals surface area contributed by atoms with Gasteiger partial charge >= 0.3 is 0 Å². The van der Waals surface area contributed by atoms with Crippen molar-refractivity contribution in [2.75, 3.05) is 0 Å². The Hall–Kier alpha value is -0.840. The maximum Gasteiger partial charge on any atom is 0.122 e. The van der Waals surface area contributed by atoms with E-state index in [0.29, 0.717) is 12.6 Å². The van der Waals surface area contributed by atoms with Crippen LogP contribution in [0.5, 0.6) is 5.75 Å². The minimum atomic E-state index is 0.516. The zero-order valence-corrected chi connectivity index (χ0v) is 14.5. The lowest BCUT2D eigenvalue weighted by molar-refractivity contribution is 0.307. The number of hydrogen-bond donors (Lipinski definition) is 1. The number of hydrogen-bond acceptors (Lipinski definition) is 3. The summed E-state index contributed by atoms with van der Waals surface area (Å²) in [6, 6.07) is 10.9. The standard InChI is InChI=1S/C16H20BrNOS/c1-11(2)18-9-14-5-6-15(20-14)10-19-16-7-4-13(17)8-12(16)3/h4-8,11,18H,9-10H2,1-3H3. The minimum absolute atomic E-state index is 0.516. The number of ether oxygens (including phenoxy) is 1. The minimum Gasteiger partial charge on any atom is -0.488 e. The second-order valence-corrected chi connectivity index (χ2v) is 7.27. The summed E-state index contributed by atoms with van der Waals surface area (Å²) < 4.78 is 6.97. The number of thiophene rings is 1. The Morgan fingerprint density at radius 1 is 1.20 bits per heavy atom. The molecule has 0 spiro atoms. The second kappa shape index (κ2) is 7.25. The van der Waals surface area contributed by atoms with E-state index in [4.69, 9.17) is 4.74 Å². The lowest BCUT2D eigenvalue weighted by atomic mass is 10.2. The van der Waals surface area contributed by atoms with Gasteiger partial charge in [-0.15, -0.1) is 11.3 Å². The van der Waals surface area contributed by atoms with Crippen LogP contribution in [-0.2, 0) is 13.2 Å². The molecule has 1 aromatic heterocycles. The van der Waals surface area contributed by atoms with Gasteiger partial charge in [0.1, 0.15) is 12.4 Å². The van der Waals surface area contributed by atoms with Crippen LogP contribution in [0.1, 0.15) is 29.2 Å². The lowest BCUT2D eigenvalue weighted by Gasteiger charge is -2.08. The highest BCUT2D eigenvalue weighted by molar-refractivity contribution is 9.10. The molecule has 20 heavy (non-hydrogen) atoms. The van der Waals surface area contributed by atoms with Crippen molar-refractivity contribution in [2.45, 2.75) is 40.0 Å². The smallest absolute Gasteiger partial charge is 0.122 e. The van der Waals surface area contributed by atoms with Crippen molar-refractivity contribution in [3.63, 3.8) is 0 Å². The van der Waals surface area contributed by atoms with Gasteiger partial charge in [0, 0.05) is 26.8 Å². The third-order valence-electron chi connectivity index (χ3n) is 2.91. The van der Waals surface area contributed by atoms with E-state index in [1.165, 1.54) is 9.75 Å². The van der Waals surface area contributed by atoms with Crippen LogP contribution < -0.4 is 10.1 Å². The Kier molecular flexibility index (Phi) is 5.64. The van der Waals surface area contributed by atoms with Gasteiger partial charge in [0.2, 0.25) is 0 Å². The van der Waals surface area contributed by atoms with Crippen LogP contribution in [0.2, 0.25) is 0 Å². The highest BCUT2D eigenvalue weighted by Gasteiger charge is 2.04. The SMILES string of the molecule is Cc1cc(Br)ccc1OCc1ccc(CNC(C)C)s1. The molecule has 2 aromatic rings. The fourth-order valence-electron chi connectivity index (χ4n) is 1.82. The summed E-state index contributed by atoms with van der Waals surface area (Å²) in [6.07, 6.45) is 0. The molecule has 2 nitrogen and oxygen atoms in total. The van der Waals surface area contributed by atoms with Crippen LogP contribution in [0.25, 0.3) is 0 Å². The Morgan fingerprint density at radius 2 is 1.95 bits per heavy atom. The molecule has 0 bridgehead atoms. The van der Waals surface area contributed by atoms with E-state index in [1.54, 1.807) is 11.3 Å². The predicted molar refractivity (Wildman–Crippen MR) is 89.5 cm³/mol. The molecule has 0 aliphatic heterocycles. The summed E-state index contributed by atoms with van der Waals surface area (Å²) in [5.41, 5.74) is 1.15. The van der Waals surface area contributed by atoms with Crippen LogP contribution in [0.3, 0.4) is 0 Å². The number of aryl methyl sites for hydroxylation is 1. The van der Waals surface area contributed by atoms with E-state index in [-0.39, 0.29) is 0 Å². The molecule has 0 saturated heterocycles. The van der Waals surface area contributed by atoms with E-state index < -0.39 is 0 Å². The van der Waals surface area contributed by atoms with Gasteiger partial charge in [0.25, 0.3) is 0 Å². The van der Waals surface area contributed by atoms with Gasteiger partial charge in [-0.2, -0.15) is 0 Å². The molecule has 0 fully saturated rings. The van der Waals surface area contributed by atoms with E-state index >= 15 is 0 Å². The highest BCUT2D eigenvalue weighted by Crippen LogP contribution is 2.24. The van der Waals surface area contributed by atoms with Gasteiger partial charge in [0.05, 0.1) is 0 Å². The van der Waals surface area contributed by atoms with Crippen molar-refractivity contribution in [3.05, 3.63) is 50.1 Å². The van der Waals surface area contributed by atoms with Crippen LogP contribution >= 0.6 is 27.3 Å². The average Bonchev–Trinajstić information content (AvgIpc) is 2.83. The maximum atomic E-state index is 5.89. The molecule has 0 saturated carbocycles. The number of benzene rings is 1. The lowest BCUT2D eigenvalue weighted by Crippen LogP contribution is -2.21. The summed E-state index contributed by atoms with van der Waals surface area (Å²) in [6.45, 7) is 7.95. The van der Waals surface area contributed by atoms with E-state index in [0.717, 1.165) is 22.3 Å². The first kappa shape index (κ1) is 15.5. The first-order valence-electron chi connectivity index (χ1n) is 6.74. The van der Waals surface area contributed by atoms with Gasteiger partial charge in [-0.05, 0) is 42.8 Å². The van der Waals surface area contributed by atoms with E-state index in [9.17, 15) is 0 Å². The molecule has 0 atom stereocenters. The number of halogens is 1. The van der Waals surface area contributed by atoms with Crippen LogP contribution in [0, 0.1) is 6.92 Å². The first-order valence-corrected chi connectivity index (χ1v) is 8.35. The van der Waals surface area contributed by atoms with Crippen LogP contribution in [0.4, 0.5) is 0 Å². The molecule has 1 N–H and O–H groups in total. The second-order valence-electron chi connectivity index (χ2n) is 5.10. The zero-order chi connectivity index (χ0) is 14.5. The molecule has 1 heterocycles. The molecular formula is C16H20BrNOS. The van der Waals surface area contributed by atoms with Crippen molar-refractivity contribution in [3.8, 4) is 5.75 Å². The molecule has 0 unspecified atom stereocenters. The Morgan fingerprint density at radius 3 is 2.65 bits per heavy atom. The highest BCUT2D eigenvalue weighted by atomic mass is 79.9. The summed E-state index contributed by atoms with van der Waals surface area (Å²) in [7, 11) is 0. The Balaban J connectivity index is 1.90. The molecule has 0 radical (unpaired) electrons. The molecule has 1 aromatic carbocycles. The third-order valence-corrected chi connectivity index (χ3v) is 4.46. The van der Waals surface area contributed by atoms with Gasteiger partial charge in [0.15, 0.2) is 0 Å². The molecule has 4 heteroatoms. The average molecular weight is 354 g/mol. The van der Waals surface area contributed by atoms with Gasteiger partial charge < -0.3 is 10.1 Å². The van der Waals surface area contributed by atoms with Crippen molar-refractivity contribution in [1.29, 1.82) is 0 Å².